The van der Waals surface area contributed by atoms with Gasteiger partial charge in [-0.1, -0.05) is 42.5 Å². The number of methoxy groups -OCH3 is 1. The molecule has 0 aliphatic carbocycles. The minimum absolute atomic E-state index is 0.159. The van der Waals surface area contributed by atoms with Crippen molar-refractivity contribution in [2.45, 2.75) is 18.0 Å². The van der Waals surface area contributed by atoms with Gasteiger partial charge in [-0.05, 0) is 47.0 Å². The average molecular weight is 416 g/mol. The summed E-state index contributed by atoms with van der Waals surface area (Å²) in [6.45, 7) is -0.288. The molecule has 0 radical (unpaired) electrons. The maximum Gasteiger partial charge on any atom is 0.255 e. The molecule has 1 heterocycles. The number of hydrogen-bond donors (Lipinski definition) is 1. The number of halogens is 1. The number of carbonyl (C=O) groups excluding carboxylic acids is 1. The highest BCUT2D eigenvalue weighted by Gasteiger charge is 2.51. The molecule has 0 aromatic heterocycles. The molecule has 1 N–H and O–H groups in total. The smallest absolute Gasteiger partial charge is 0.255 e. The van der Waals surface area contributed by atoms with Crippen molar-refractivity contribution >= 4 is 5.91 Å². The second kappa shape index (κ2) is 8.58. The van der Waals surface area contributed by atoms with Crippen LogP contribution in [0.15, 0.2) is 72.8 Å². The van der Waals surface area contributed by atoms with Crippen LogP contribution in [0.3, 0.4) is 0 Å². The minimum atomic E-state index is -0.736. The Balaban J connectivity index is 1.57. The lowest BCUT2D eigenvalue weighted by Gasteiger charge is -2.51. The van der Waals surface area contributed by atoms with Crippen molar-refractivity contribution in [3.05, 3.63) is 89.7 Å². The number of aliphatic hydroxyl groups is 1. The van der Waals surface area contributed by atoms with Gasteiger partial charge < -0.3 is 14.7 Å². The molecular formula is C25H21FN2O3. The van der Waals surface area contributed by atoms with Gasteiger partial charge in [-0.2, -0.15) is 5.26 Å². The number of carbonyl (C=O) groups is 1. The van der Waals surface area contributed by atoms with Crippen LogP contribution in [-0.4, -0.2) is 41.7 Å². The Hall–Kier alpha value is -3.69. The molecule has 0 saturated carbocycles. The number of nitriles is 1. The molecule has 1 fully saturated rings. The zero-order valence-electron chi connectivity index (χ0n) is 16.9. The van der Waals surface area contributed by atoms with Gasteiger partial charge in [0.25, 0.3) is 5.91 Å². The van der Waals surface area contributed by atoms with Crippen LogP contribution in [0.5, 0.6) is 5.75 Å². The first-order valence-corrected chi connectivity index (χ1v) is 9.90. The maximum atomic E-state index is 13.5. The highest BCUT2D eigenvalue weighted by Crippen LogP contribution is 2.41. The Kier molecular flexibility index (Phi) is 5.70. The van der Waals surface area contributed by atoms with Crippen molar-refractivity contribution < 1.29 is 19.0 Å². The van der Waals surface area contributed by atoms with Crippen LogP contribution < -0.4 is 4.74 Å². The second-order valence-electron chi connectivity index (χ2n) is 7.42. The fourth-order valence-electron chi connectivity index (χ4n) is 4.14. The number of hydrogen-bond acceptors (Lipinski definition) is 4. The zero-order chi connectivity index (χ0) is 22.0. The molecular weight excluding hydrogens is 395 g/mol. The summed E-state index contributed by atoms with van der Waals surface area (Å²) in [4.78, 5) is 14.2. The van der Waals surface area contributed by atoms with Gasteiger partial charge in [0.2, 0.25) is 0 Å². The third kappa shape index (κ3) is 3.76. The van der Waals surface area contributed by atoms with E-state index in [2.05, 4.69) is 6.07 Å². The number of ether oxygens (including phenoxy) is 1. The Bertz CT molecular complexity index is 1120. The van der Waals surface area contributed by atoms with E-state index < -0.39 is 23.8 Å². The predicted octanol–water partition coefficient (Wildman–Crippen LogP) is 3.99. The largest absolute Gasteiger partial charge is 0.497 e. The summed E-state index contributed by atoms with van der Waals surface area (Å²) < 4.78 is 18.7. The van der Waals surface area contributed by atoms with Crippen molar-refractivity contribution in [3.8, 4) is 22.9 Å². The monoisotopic (exact) mass is 416 g/mol. The van der Waals surface area contributed by atoms with Crippen molar-refractivity contribution in [3.63, 3.8) is 0 Å². The molecule has 3 aromatic carbocycles. The summed E-state index contributed by atoms with van der Waals surface area (Å²) >= 11 is 0. The first-order chi connectivity index (χ1) is 15.1. The van der Waals surface area contributed by atoms with E-state index in [1.165, 1.54) is 23.1 Å². The average Bonchev–Trinajstić information content (AvgIpc) is 2.79. The summed E-state index contributed by atoms with van der Waals surface area (Å²) in [5.74, 6) is -0.528. The van der Waals surface area contributed by atoms with Gasteiger partial charge in [-0.25, -0.2) is 4.39 Å². The first kappa shape index (κ1) is 20.6. The van der Waals surface area contributed by atoms with Crippen LogP contribution in [0.2, 0.25) is 0 Å². The number of rotatable bonds is 5. The van der Waals surface area contributed by atoms with Crippen molar-refractivity contribution in [2.24, 2.45) is 0 Å². The van der Waals surface area contributed by atoms with Crippen molar-refractivity contribution in [2.75, 3.05) is 13.7 Å². The molecule has 1 aliphatic rings. The van der Waals surface area contributed by atoms with Gasteiger partial charge in [-0.3, -0.25) is 4.79 Å². The molecule has 0 unspecified atom stereocenters. The molecule has 6 heteroatoms. The fraction of sp³-hybridized carbons (Fsp3) is 0.200. The summed E-state index contributed by atoms with van der Waals surface area (Å²) in [6.07, 6.45) is 0. The summed E-state index contributed by atoms with van der Waals surface area (Å²) in [5.41, 5.74) is 3.06. The lowest BCUT2D eigenvalue weighted by Crippen LogP contribution is -2.65. The lowest BCUT2D eigenvalue weighted by atomic mass is 9.75. The summed E-state index contributed by atoms with van der Waals surface area (Å²) in [6, 6.07) is 21.7. The van der Waals surface area contributed by atoms with Crippen LogP contribution in [0.4, 0.5) is 4.39 Å². The molecule has 1 aliphatic heterocycles. The molecule has 1 saturated heterocycles. The molecule has 0 bridgehead atoms. The third-order valence-electron chi connectivity index (χ3n) is 5.76. The Labute approximate surface area is 179 Å². The highest BCUT2D eigenvalue weighted by molar-refractivity contribution is 5.95. The van der Waals surface area contributed by atoms with Gasteiger partial charge in [0.15, 0.2) is 0 Å². The second-order valence-corrected chi connectivity index (χ2v) is 7.42. The number of likely N-dealkylation sites (tertiary alicyclic amines) is 1. The van der Waals surface area contributed by atoms with E-state index >= 15 is 0 Å². The molecule has 156 valence electrons. The van der Waals surface area contributed by atoms with E-state index in [9.17, 15) is 19.6 Å². The minimum Gasteiger partial charge on any atom is -0.497 e. The van der Waals surface area contributed by atoms with Gasteiger partial charge in [-0.15, -0.1) is 0 Å². The van der Waals surface area contributed by atoms with Gasteiger partial charge in [0.1, 0.15) is 17.6 Å². The predicted molar refractivity (Wildman–Crippen MR) is 114 cm³/mol. The van der Waals surface area contributed by atoms with E-state index in [0.717, 1.165) is 28.5 Å². The fourth-order valence-corrected chi connectivity index (χ4v) is 4.14. The van der Waals surface area contributed by atoms with E-state index in [4.69, 9.17) is 4.74 Å². The van der Waals surface area contributed by atoms with Gasteiger partial charge in [0.05, 0.1) is 25.8 Å². The standard InChI is InChI=1S/C25H21FN2O3/c1-31-21-11-9-17(10-12-21)16-5-7-18(8-6-16)24-22(14-27)28(23(24)15-29)25(30)19-3-2-4-20(26)13-19/h2-13,22-24,29H,15H2,1H3/t22-,23+,24-/m0/s1. The SMILES string of the molecule is COc1ccc(-c2ccc([C@@H]3[C@@H](CO)N(C(=O)c4cccc(F)c4)[C@H]3C#N)cc2)cc1. The normalized spacial score (nSPS) is 19.9. The maximum absolute atomic E-state index is 13.5. The first-order valence-electron chi connectivity index (χ1n) is 9.90. The topological polar surface area (TPSA) is 73.6 Å². The molecule has 0 spiro atoms. The van der Waals surface area contributed by atoms with E-state index in [0.29, 0.717) is 0 Å². The van der Waals surface area contributed by atoms with Gasteiger partial charge in [0, 0.05) is 11.5 Å². The molecule has 3 atom stereocenters. The molecule has 3 aromatic rings. The Morgan fingerprint density at radius 1 is 1.10 bits per heavy atom. The van der Waals surface area contributed by atoms with Gasteiger partial charge >= 0.3 is 0 Å². The van der Waals surface area contributed by atoms with E-state index in [-0.39, 0.29) is 18.1 Å². The van der Waals surface area contributed by atoms with Crippen LogP contribution in [-0.2, 0) is 0 Å². The molecule has 31 heavy (non-hydrogen) atoms. The van der Waals surface area contributed by atoms with E-state index in [1.54, 1.807) is 7.11 Å². The summed E-state index contributed by atoms with van der Waals surface area (Å²) in [7, 11) is 1.62. The van der Waals surface area contributed by atoms with Crippen molar-refractivity contribution in [1.29, 1.82) is 5.26 Å². The van der Waals surface area contributed by atoms with Crippen molar-refractivity contribution in [1.82, 2.24) is 4.90 Å². The number of nitrogens with zero attached hydrogens (tertiary/aromatic N) is 2. The molecule has 5 nitrogen and oxygen atoms in total. The quantitative estimate of drug-likeness (QED) is 0.683. The highest BCUT2D eigenvalue weighted by atomic mass is 19.1. The van der Waals surface area contributed by atoms with Crippen LogP contribution >= 0.6 is 0 Å². The molecule has 1 amide bonds. The van der Waals surface area contributed by atoms with E-state index in [1.807, 2.05) is 48.5 Å². The van der Waals surface area contributed by atoms with Crippen LogP contribution in [0.1, 0.15) is 21.8 Å². The number of amides is 1. The lowest BCUT2D eigenvalue weighted by molar-refractivity contribution is -0.00587. The van der Waals surface area contributed by atoms with Crippen LogP contribution in [0, 0.1) is 17.1 Å². The Morgan fingerprint density at radius 2 is 1.74 bits per heavy atom. The molecule has 4 rings (SSSR count). The summed E-state index contributed by atoms with van der Waals surface area (Å²) in [5, 5.41) is 19.7. The van der Waals surface area contributed by atoms with Crippen LogP contribution in [0.25, 0.3) is 11.1 Å². The number of benzene rings is 3. The Morgan fingerprint density at radius 3 is 2.29 bits per heavy atom. The third-order valence-corrected chi connectivity index (χ3v) is 5.76. The zero-order valence-corrected chi connectivity index (χ0v) is 16.9. The number of aliphatic hydroxyl groups excluding tert-OH is 1.